The van der Waals surface area contributed by atoms with Crippen LogP contribution in [0.15, 0.2) is 6.20 Å². The van der Waals surface area contributed by atoms with E-state index in [1.165, 1.54) is 0 Å². The number of aromatic nitrogens is 2. The van der Waals surface area contributed by atoms with Crippen LogP contribution in [0, 0.1) is 5.92 Å². The fourth-order valence-corrected chi connectivity index (χ4v) is 3.00. The number of fused-ring (bicyclic) bond motifs is 1. The van der Waals surface area contributed by atoms with Gasteiger partial charge in [-0.05, 0) is 12.3 Å². The summed E-state index contributed by atoms with van der Waals surface area (Å²) in [7, 11) is -0.947. The number of anilines is 1. The molecule has 0 saturated carbocycles. The first-order valence-corrected chi connectivity index (χ1v) is 7.77. The summed E-state index contributed by atoms with van der Waals surface area (Å²) in [6.45, 7) is 9.29. The van der Waals surface area contributed by atoms with Crippen LogP contribution in [0.4, 0.5) is 5.69 Å². The van der Waals surface area contributed by atoms with Crippen LogP contribution in [0.5, 0.6) is 0 Å². The number of hydrogen-bond acceptors (Lipinski definition) is 2. The number of nitrogens with zero attached hydrogens (tertiary/aromatic N) is 2. The third-order valence-electron chi connectivity index (χ3n) is 3.05. The Morgan fingerprint density at radius 2 is 2.18 bits per heavy atom. The molecule has 2 rings (SSSR count). The normalized spacial score (nSPS) is 20.6. The molecule has 0 bridgehead atoms. The molecule has 1 N–H and O–H groups in total. The van der Waals surface area contributed by atoms with Crippen molar-refractivity contribution >= 4 is 16.7 Å². The summed E-state index contributed by atoms with van der Waals surface area (Å²) in [6, 6.07) is 0. The Balaban J connectivity index is 0.000000686. The molecule has 2 unspecified atom stereocenters. The lowest BCUT2D eigenvalue weighted by Crippen LogP contribution is -2.33. The molecule has 1 aromatic heterocycles. The van der Waals surface area contributed by atoms with Crippen LogP contribution in [0.25, 0.3) is 0 Å². The number of hydrogen-bond donors (Lipinski definition) is 1. The molecule has 1 aliphatic heterocycles. The summed E-state index contributed by atoms with van der Waals surface area (Å²) in [5.74, 6) is 1.11. The Bertz CT molecular complexity index is 376. The first kappa shape index (κ1) is 14.2. The first-order chi connectivity index (χ1) is 8.11. The summed E-state index contributed by atoms with van der Waals surface area (Å²) >= 11 is 0. The average molecular weight is 257 g/mol. The minimum absolute atomic E-state index is 0.516. The van der Waals surface area contributed by atoms with Gasteiger partial charge in [-0.2, -0.15) is 5.10 Å². The number of H-pyrrole nitrogens is 1. The van der Waals surface area contributed by atoms with Crippen molar-refractivity contribution in [3.63, 3.8) is 0 Å². The summed E-state index contributed by atoms with van der Waals surface area (Å²) in [6.07, 6.45) is 4.55. The SMILES string of the molecule is CC.CC(C)C1CCN(S(C)=O)c2cn[nH]c21. The number of aromatic amines is 1. The fraction of sp³-hybridized carbons (Fsp3) is 0.750. The van der Waals surface area contributed by atoms with Crippen molar-refractivity contribution in [3.8, 4) is 0 Å². The van der Waals surface area contributed by atoms with Crippen molar-refractivity contribution in [2.75, 3.05) is 17.1 Å². The van der Waals surface area contributed by atoms with Crippen molar-refractivity contribution < 1.29 is 4.21 Å². The van der Waals surface area contributed by atoms with E-state index in [2.05, 4.69) is 24.0 Å². The molecule has 0 fully saturated rings. The molecule has 5 heteroatoms. The van der Waals surface area contributed by atoms with Crippen LogP contribution < -0.4 is 4.31 Å². The standard InChI is InChI=1S/C10H17N3OS.C2H6/c1-7(2)8-4-5-13(15(3)14)9-6-11-12-10(8)9;1-2/h6-8H,4-5H2,1-3H3,(H,11,12);1-2H3. The van der Waals surface area contributed by atoms with Gasteiger partial charge in [0.15, 0.2) is 0 Å². The lowest BCUT2D eigenvalue weighted by molar-refractivity contribution is 0.452. The number of nitrogens with one attached hydrogen (secondary N) is 1. The zero-order valence-corrected chi connectivity index (χ0v) is 12.2. The van der Waals surface area contributed by atoms with Crippen LogP contribution in [0.2, 0.25) is 0 Å². The topological polar surface area (TPSA) is 49.0 Å². The summed E-state index contributed by atoms with van der Waals surface area (Å²) in [5.41, 5.74) is 2.16. The largest absolute Gasteiger partial charge is 0.289 e. The van der Waals surface area contributed by atoms with E-state index < -0.39 is 11.0 Å². The first-order valence-electron chi connectivity index (χ1n) is 6.25. The predicted molar refractivity (Wildman–Crippen MR) is 73.5 cm³/mol. The highest BCUT2D eigenvalue weighted by atomic mass is 32.2. The van der Waals surface area contributed by atoms with E-state index in [0.717, 1.165) is 24.3 Å². The molecule has 0 aromatic carbocycles. The monoisotopic (exact) mass is 257 g/mol. The zero-order valence-electron chi connectivity index (χ0n) is 11.4. The maximum Gasteiger partial charge on any atom is 0.116 e. The predicted octanol–water partition coefficient (Wildman–Crippen LogP) is 2.68. The lowest BCUT2D eigenvalue weighted by Gasteiger charge is -2.32. The summed E-state index contributed by atoms with van der Waals surface area (Å²) in [5, 5.41) is 7.12. The van der Waals surface area contributed by atoms with Gasteiger partial charge in [0, 0.05) is 18.7 Å². The smallest absolute Gasteiger partial charge is 0.116 e. The van der Waals surface area contributed by atoms with Gasteiger partial charge in [0.25, 0.3) is 0 Å². The van der Waals surface area contributed by atoms with Gasteiger partial charge in [-0.1, -0.05) is 27.7 Å². The fourth-order valence-electron chi connectivity index (χ4n) is 2.22. The van der Waals surface area contributed by atoms with Crippen molar-refractivity contribution in [2.24, 2.45) is 5.92 Å². The van der Waals surface area contributed by atoms with Crippen LogP contribution in [0.1, 0.15) is 45.7 Å². The molecule has 0 spiro atoms. The zero-order chi connectivity index (χ0) is 13.0. The minimum atomic E-state index is -0.947. The second kappa shape index (κ2) is 6.19. The van der Waals surface area contributed by atoms with E-state index >= 15 is 0 Å². The highest BCUT2D eigenvalue weighted by molar-refractivity contribution is 7.85. The van der Waals surface area contributed by atoms with Crippen LogP contribution in [-0.2, 0) is 11.0 Å². The van der Waals surface area contributed by atoms with Gasteiger partial charge in [-0.3, -0.25) is 9.40 Å². The van der Waals surface area contributed by atoms with E-state index in [-0.39, 0.29) is 0 Å². The van der Waals surface area contributed by atoms with Gasteiger partial charge in [-0.15, -0.1) is 0 Å². The average Bonchev–Trinajstić information content (AvgIpc) is 2.78. The maximum absolute atomic E-state index is 11.5. The quantitative estimate of drug-likeness (QED) is 0.885. The van der Waals surface area contributed by atoms with Crippen molar-refractivity contribution in [1.82, 2.24) is 10.2 Å². The maximum atomic E-state index is 11.5. The third-order valence-corrected chi connectivity index (χ3v) is 4.05. The molecule has 0 radical (unpaired) electrons. The molecule has 1 aromatic rings. The van der Waals surface area contributed by atoms with Gasteiger partial charge in [0.1, 0.15) is 11.0 Å². The Hall–Kier alpha value is -0.840. The van der Waals surface area contributed by atoms with Gasteiger partial charge in [0.2, 0.25) is 0 Å². The molecule has 0 aliphatic carbocycles. The van der Waals surface area contributed by atoms with Crippen LogP contribution in [-0.4, -0.2) is 27.2 Å². The lowest BCUT2D eigenvalue weighted by atomic mass is 9.87. The van der Waals surface area contributed by atoms with Crippen LogP contribution in [0.3, 0.4) is 0 Å². The second-order valence-corrected chi connectivity index (χ2v) is 5.62. The molecule has 0 saturated heterocycles. The molecule has 17 heavy (non-hydrogen) atoms. The van der Waals surface area contributed by atoms with Crippen molar-refractivity contribution in [1.29, 1.82) is 0 Å². The molecule has 2 heterocycles. The summed E-state index contributed by atoms with van der Waals surface area (Å²) < 4.78 is 13.4. The van der Waals surface area contributed by atoms with E-state index in [0.29, 0.717) is 11.8 Å². The number of rotatable bonds is 2. The highest BCUT2D eigenvalue weighted by Gasteiger charge is 2.30. The van der Waals surface area contributed by atoms with E-state index in [1.54, 1.807) is 12.5 Å². The summed E-state index contributed by atoms with van der Waals surface area (Å²) in [4.78, 5) is 0. The molecule has 98 valence electrons. The molecule has 4 nitrogen and oxygen atoms in total. The second-order valence-electron chi connectivity index (χ2n) is 4.33. The van der Waals surface area contributed by atoms with Gasteiger partial charge < -0.3 is 0 Å². The Morgan fingerprint density at radius 3 is 2.71 bits per heavy atom. The molecular formula is C12H23N3OS. The van der Waals surface area contributed by atoms with E-state index in [1.807, 2.05) is 18.2 Å². The minimum Gasteiger partial charge on any atom is -0.289 e. The van der Waals surface area contributed by atoms with E-state index in [4.69, 9.17) is 0 Å². The molecular weight excluding hydrogens is 234 g/mol. The Labute approximate surface area is 106 Å². The molecule has 0 amide bonds. The third kappa shape index (κ3) is 2.89. The molecule has 2 atom stereocenters. The van der Waals surface area contributed by atoms with Crippen LogP contribution >= 0.6 is 0 Å². The van der Waals surface area contributed by atoms with Crippen molar-refractivity contribution in [2.45, 2.75) is 40.0 Å². The Morgan fingerprint density at radius 1 is 1.53 bits per heavy atom. The van der Waals surface area contributed by atoms with Gasteiger partial charge >= 0.3 is 0 Å². The van der Waals surface area contributed by atoms with Gasteiger partial charge in [0.05, 0.1) is 17.6 Å². The highest BCUT2D eigenvalue weighted by Crippen LogP contribution is 2.38. The van der Waals surface area contributed by atoms with E-state index in [9.17, 15) is 4.21 Å². The Kier molecular flexibility index (Phi) is 5.18. The molecule has 1 aliphatic rings. The van der Waals surface area contributed by atoms with Crippen molar-refractivity contribution in [3.05, 3.63) is 11.9 Å². The van der Waals surface area contributed by atoms with Gasteiger partial charge in [-0.25, -0.2) is 4.21 Å².